The van der Waals surface area contributed by atoms with E-state index in [4.69, 9.17) is 11.6 Å². The largest absolute Gasteiger partial charge is 0.337 e. The van der Waals surface area contributed by atoms with E-state index in [0.29, 0.717) is 15.8 Å². The summed E-state index contributed by atoms with van der Waals surface area (Å²) in [4.78, 5) is 34.7. The summed E-state index contributed by atoms with van der Waals surface area (Å²) in [5.41, 5.74) is 5.96. The monoisotopic (exact) mass is 404 g/mol. The lowest BCUT2D eigenvalue weighted by atomic mass is 10.2. The third kappa shape index (κ3) is 4.15. The molecule has 1 heterocycles. The minimum Gasteiger partial charge on any atom is -0.307 e. The standard InChI is InChI=1S/C17H13ClN4O4S/c1-9-3-2-4-10(7-9)19-17(24)21-20-16(23)15-14(18)12-6-5-11(22(25)26)8-13(12)27-15/h2-8H,1H3,(H,20,23)(H2,19,21,24). The van der Waals surface area contributed by atoms with Gasteiger partial charge in [-0.25, -0.2) is 10.2 Å². The fourth-order valence-electron chi connectivity index (χ4n) is 2.37. The Bertz CT molecular complexity index is 1070. The average molecular weight is 405 g/mol. The van der Waals surface area contributed by atoms with E-state index < -0.39 is 16.9 Å². The molecule has 10 heteroatoms. The highest BCUT2D eigenvalue weighted by Crippen LogP contribution is 2.37. The Kier molecular flexibility index (Phi) is 5.24. The molecule has 0 aliphatic heterocycles. The van der Waals surface area contributed by atoms with Crippen LogP contribution < -0.4 is 16.2 Å². The van der Waals surface area contributed by atoms with Crippen molar-refractivity contribution in [2.24, 2.45) is 0 Å². The maximum atomic E-state index is 12.3. The minimum atomic E-state index is -0.623. The van der Waals surface area contributed by atoms with Crippen LogP contribution in [0.4, 0.5) is 16.2 Å². The van der Waals surface area contributed by atoms with Gasteiger partial charge < -0.3 is 5.32 Å². The van der Waals surface area contributed by atoms with E-state index in [1.165, 1.54) is 18.2 Å². The van der Waals surface area contributed by atoms with Crippen LogP contribution in [-0.2, 0) is 0 Å². The lowest BCUT2D eigenvalue weighted by Crippen LogP contribution is -2.43. The van der Waals surface area contributed by atoms with Crippen LogP contribution in [0.5, 0.6) is 0 Å². The topological polar surface area (TPSA) is 113 Å². The molecule has 27 heavy (non-hydrogen) atoms. The second kappa shape index (κ2) is 7.60. The fraction of sp³-hybridized carbons (Fsp3) is 0.0588. The number of carbonyl (C=O) groups is 2. The Morgan fingerprint density at radius 2 is 1.93 bits per heavy atom. The van der Waals surface area contributed by atoms with Crippen molar-refractivity contribution < 1.29 is 14.5 Å². The van der Waals surface area contributed by atoms with Gasteiger partial charge in [-0.05, 0) is 30.7 Å². The number of nitro groups is 1. The average Bonchev–Trinajstić information content (AvgIpc) is 2.96. The van der Waals surface area contributed by atoms with Gasteiger partial charge in [0.2, 0.25) is 0 Å². The molecule has 0 bridgehead atoms. The van der Waals surface area contributed by atoms with Crippen LogP contribution in [0.1, 0.15) is 15.2 Å². The van der Waals surface area contributed by atoms with Gasteiger partial charge in [-0.1, -0.05) is 23.7 Å². The molecule has 3 amide bonds. The summed E-state index contributed by atoms with van der Waals surface area (Å²) in [5.74, 6) is -0.622. The number of nitro benzene ring substituents is 1. The number of non-ortho nitro benzene ring substituents is 1. The highest BCUT2D eigenvalue weighted by atomic mass is 35.5. The van der Waals surface area contributed by atoms with Gasteiger partial charge in [-0.3, -0.25) is 20.3 Å². The number of nitrogens with zero attached hydrogens (tertiary/aromatic N) is 1. The molecular weight excluding hydrogens is 392 g/mol. The van der Waals surface area contributed by atoms with Gasteiger partial charge >= 0.3 is 6.03 Å². The van der Waals surface area contributed by atoms with E-state index >= 15 is 0 Å². The molecule has 3 N–H and O–H groups in total. The predicted octanol–water partition coefficient (Wildman–Crippen LogP) is 4.24. The molecule has 0 aliphatic carbocycles. The third-order valence-corrected chi connectivity index (χ3v) is 5.25. The number of fused-ring (bicyclic) bond motifs is 1. The maximum absolute atomic E-state index is 12.3. The van der Waals surface area contributed by atoms with Crippen molar-refractivity contribution in [3.8, 4) is 0 Å². The summed E-state index contributed by atoms with van der Waals surface area (Å²) in [6.45, 7) is 1.89. The Balaban J connectivity index is 1.69. The third-order valence-electron chi connectivity index (χ3n) is 3.60. The van der Waals surface area contributed by atoms with Crippen molar-refractivity contribution in [1.29, 1.82) is 0 Å². The van der Waals surface area contributed by atoms with E-state index in [0.717, 1.165) is 16.9 Å². The first kappa shape index (κ1) is 18.6. The summed E-state index contributed by atoms with van der Waals surface area (Å²) in [6, 6.07) is 10.7. The zero-order chi connectivity index (χ0) is 19.6. The molecule has 8 nitrogen and oxygen atoms in total. The van der Waals surface area contributed by atoms with Crippen LogP contribution in [0.15, 0.2) is 42.5 Å². The summed E-state index contributed by atoms with van der Waals surface area (Å²) >= 11 is 7.20. The van der Waals surface area contributed by atoms with Gasteiger partial charge in [0.15, 0.2) is 0 Å². The lowest BCUT2D eigenvalue weighted by molar-refractivity contribution is -0.384. The summed E-state index contributed by atoms with van der Waals surface area (Å²) < 4.78 is 0.503. The summed E-state index contributed by atoms with van der Waals surface area (Å²) in [6.07, 6.45) is 0. The van der Waals surface area contributed by atoms with Crippen molar-refractivity contribution in [1.82, 2.24) is 10.9 Å². The van der Waals surface area contributed by atoms with Crippen LogP contribution in [0, 0.1) is 17.0 Å². The number of benzene rings is 2. The molecule has 0 saturated heterocycles. The van der Waals surface area contributed by atoms with E-state index in [2.05, 4.69) is 16.2 Å². The second-order valence-corrected chi connectivity index (χ2v) is 7.02. The first-order valence-electron chi connectivity index (χ1n) is 7.65. The molecule has 0 unspecified atom stereocenters. The van der Waals surface area contributed by atoms with E-state index in [-0.39, 0.29) is 15.6 Å². The van der Waals surface area contributed by atoms with E-state index in [1.807, 2.05) is 13.0 Å². The number of halogens is 1. The maximum Gasteiger partial charge on any atom is 0.337 e. The molecule has 0 radical (unpaired) electrons. The number of amides is 3. The molecule has 0 spiro atoms. The molecule has 3 rings (SSSR count). The van der Waals surface area contributed by atoms with E-state index in [9.17, 15) is 19.7 Å². The number of hydrogen-bond donors (Lipinski definition) is 3. The van der Waals surface area contributed by atoms with Crippen molar-refractivity contribution in [3.63, 3.8) is 0 Å². The number of hydrogen-bond acceptors (Lipinski definition) is 5. The Morgan fingerprint density at radius 3 is 2.63 bits per heavy atom. The van der Waals surface area contributed by atoms with Gasteiger partial charge in [-0.2, -0.15) is 0 Å². The molecule has 0 atom stereocenters. The number of anilines is 1. The van der Waals surface area contributed by atoms with Gasteiger partial charge in [0, 0.05) is 27.9 Å². The van der Waals surface area contributed by atoms with Crippen molar-refractivity contribution in [3.05, 3.63) is 68.0 Å². The quantitative estimate of drug-likeness (QED) is 0.447. The highest BCUT2D eigenvalue weighted by molar-refractivity contribution is 7.21. The van der Waals surface area contributed by atoms with Crippen LogP contribution in [0.25, 0.3) is 10.1 Å². The number of rotatable bonds is 3. The first-order valence-corrected chi connectivity index (χ1v) is 8.85. The Morgan fingerprint density at radius 1 is 1.15 bits per heavy atom. The number of nitrogens with one attached hydrogen (secondary N) is 3. The number of thiophene rings is 1. The van der Waals surface area contributed by atoms with Crippen LogP contribution >= 0.6 is 22.9 Å². The van der Waals surface area contributed by atoms with Gasteiger partial charge in [0.1, 0.15) is 4.88 Å². The Labute approximate surface area is 162 Å². The summed E-state index contributed by atoms with van der Waals surface area (Å²) in [7, 11) is 0. The zero-order valence-electron chi connectivity index (χ0n) is 13.9. The minimum absolute atomic E-state index is 0.0944. The van der Waals surface area contributed by atoms with E-state index in [1.54, 1.807) is 18.2 Å². The van der Waals surface area contributed by atoms with Gasteiger partial charge in [0.05, 0.1) is 9.95 Å². The van der Waals surface area contributed by atoms with Gasteiger partial charge in [-0.15, -0.1) is 11.3 Å². The lowest BCUT2D eigenvalue weighted by Gasteiger charge is -2.09. The van der Waals surface area contributed by atoms with Gasteiger partial charge in [0.25, 0.3) is 11.6 Å². The first-order chi connectivity index (χ1) is 12.8. The molecule has 1 aromatic heterocycles. The molecule has 0 fully saturated rings. The smallest absolute Gasteiger partial charge is 0.307 e. The number of aryl methyl sites for hydroxylation is 1. The van der Waals surface area contributed by atoms with Crippen LogP contribution in [0.3, 0.4) is 0 Å². The zero-order valence-corrected chi connectivity index (χ0v) is 15.5. The molecule has 0 saturated carbocycles. The van der Waals surface area contributed by atoms with Crippen LogP contribution in [0.2, 0.25) is 5.02 Å². The number of hydrazine groups is 1. The van der Waals surface area contributed by atoms with Crippen molar-refractivity contribution in [2.75, 3.05) is 5.32 Å². The molecule has 0 aliphatic rings. The summed E-state index contributed by atoms with van der Waals surface area (Å²) in [5, 5.41) is 14.1. The molecule has 3 aromatic rings. The van der Waals surface area contributed by atoms with Crippen molar-refractivity contribution in [2.45, 2.75) is 6.92 Å². The molecule has 138 valence electrons. The highest BCUT2D eigenvalue weighted by Gasteiger charge is 2.19. The van der Waals surface area contributed by atoms with Crippen LogP contribution in [-0.4, -0.2) is 16.9 Å². The predicted molar refractivity (Wildman–Crippen MR) is 104 cm³/mol. The Hall–Kier alpha value is -3.17. The SMILES string of the molecule is Cc1cccc(NC(=O)NNC(=O)c2sc3cc([N+](=O)[O-])ccc3c2Cl)c1. The fourth-order valence-corrected chi connectivity index (χ4v) is 3.81. The second-order valence-electron chi connectivity index (χ2n) is 5.59. The normalized spacial score (nSPS) is 10.4. The number of urea groups is 1. The number of carbonyl (C=O) groups excluding carboxylic acids is 2. The molecular formula is C17H13ClN4O4S. The molecule has 2 aromatic carbocycles. The van der Waals surface area contributed by atoms with Crippen molar-refractivity contribution >= 4 is 56.3 Å².